The van der Waals surface area contributed by atoms with Gasteiger partial charge in [-0.15, -0.1) is 0 Å². The van der Waals surface area contributed by atoms with Crippen LogP contribution in [0.15, 0.2) is 52.0 Å². The van der Waals surface area contributed by atoms with E-state index in [4.69, 9.17) is 4.42 Å². The third kappa shape index (κ3) is 4.57. The molecule has 170 valence electrons. The first-order chi connectivity index (χ1) is 15.3. The highest BCUT2D eigenvalue weighted by Crippen LogP contribution is 2.26. The number of carbonyl (C=O) groups excluding carboxylic acids is 1. The lowest BCUT2D eigenvalue weighted by Gasteiger charge is -2.33. The van der Waals surface area contributed by atoms with Crippen molar-refractivity contribution in [3.8, 4) is 0 Å². The number of furan rings is 1. The standard InChI is InChI=1S/C24H29N3O4S/c1-4-26-9-11-27(12-10-26)32(29,30)21-7-5-20(6-8-21)25-24(28)15-19-16-31-23-14-18(3)17(2)13-22(19)23/h5-8,13-14,16H,4,9-12,15H2,1-3H3,(H,25,28). The summed E-state index contributed by atoms with van der Waals surface area (Å²) in [7, 11) is -3.53. The molecule has 0 spiro atoms. The Bertz CT molecular complexity index is 1220. The highest BCUT2D eigenvalue weighted by Gasteiger charge is 2.27. The first-order valence-electron chi connectivity index (χ1n) is 10.9. The Hall–Kier alpha value is -2.68. The van der Waals surface area contributed by atoms with Crippen molar-refractivity contribution in [2.24, 2.45) is 0 Å². The average Bonchev–Trinajstić information content (AvgIpc) is 3.15. The number of fused-ring (bicyclic) bond motifs is 1. The number of rotatable bonds is 6. The van der Waals surface area contributed by atoms with Crippen LogP contribution < -0.4 is 5.32 Å². The van der Waals surface area contributed by atoms with E-state index in [1.165, 1.54) is 4.31 Å². The average molecular weight is 456 g/mol. The van der Waals surface area contributed by atoms with Gasteiger partial charge < -0.3 is 14.6 Å². The first-order valence-corrected chi connectivity index (χ1v) is 12.3. The fourth-order valence-electron chi connectivity index (χ4n) is 4.00. The molecule has 2 heterocycles. The molecule has 0 radical (unpaired) electrons. The lowest BCUT2D eigenvalue weighted by atomic mass is 10.0. The van der Waals surface area contributed by atoms with E-state index in [2.05, 4.69) is 17.1 Å². The van der Waals surface area contributed by atoms with Crippen molar-refractivity contribution in [3.63, 3.8) is 0 Å². The summed E-state index contributed by atoms with van der Waals surface area (Å²) < 4.78 is 33.0. The zero-order valence-corrected chi connectivity index (χ0v) is 19.5. The van der Waals surface area contributed by atoms with Gasteiger partial charge in [-0.2, -0.15) is 4.31 Å². The van der Waals surface area contributed by atoms with Gasteiger partial charge in [0.1, 0.15) is 5.58 Å². The number of nitrogens with zero attached hydrogens (tertiary/aromatic N) is 2. The van der Waals surface area contributed by atoms with Gasteiger partial charge in [0.2, 0.25) is 15.9 Å². The number of likely N-dealkylation sites (N-methyl/N-ethyl adjacent to an activating group) is 1. The molecule has 0 aliphatic carbocycles. The van der Waals surface area contributed by atoms with Crippen molar-refractivity contribution in [3.05, 3.63) is 59.4 Å². The number of benzene rings is 2. The van der Waals surface area contributed by atoms with Gasteiger partial charge in [-0.05, 0) is 67.9 Å². The van der Waals surface area contributed by atoms with E-state index >= 15 is 0 Å². The fraction of sp³-hybridized carbons (Fsp3) is 0.375. The predicted molar refractivity (Wildman–Crippen MR) is 125 cm³/mol. The molecule has 1 aliphatic heterocycles. The molecule has 4 rings (SSSR count). The zero-order valence-electron chi connectivity index (χ0n) is 18.7. The maximum atomic E-state index is 12.9. The summed E-state index contributed by atoms with van der Waals surface area (Å²) in [5.74, 6) is -0.183. The molecule has 32 heavy (non-hydrogen) atoms. The predicted octanol–water partition coefficient (Wildman–Crippen LogP) is 3.56. The van der Waals surface area contributed by atoms with E-state index in [9.17, 15) is 13.2 Å². The number of nitrogens with one attached hydrogen (secondary N) is 1. The van der Waals surface area contributed by atoms with E-state index in [0.29, 0.717) is 18.8 Å². The van der Waals surface area contributed by atoms with Crippen molar-refractivity contribution in [1.82, 2.24) is 9.21 Å². The summed E-state index contributed by atoms with van der Waals surface area (Å²) in [5.41, 5.74) is 4.44. The molecule has 2 aromatic carbocycles. The molecule has 1 saturated heterocycles. The Kier molecular flexibility index (Phi) is 6.37. The van der Waals surface area contributed by atoms with Crippen LogP contribution >= 0.6 is 0 Å². The van der Waals surface area contributed by atoms with Gasteiger partial charge in [-0.1, -0.05) is 6.92 Å². The lowest BCUT2D eigenvalue weighted by molar-refractivity contribution is -0.115. The maximum absolute atomic E-state index is 12.9. The number of hydrogen-bond acceptors (Lipinski definition) is 5. The highest BCUT2D eigenvalue weighted by atomic mass is 32.2. The molecular weight excluding hydrogens is 426 g/mol. The lowest BCUT2D eigenvalue weighted by Crippen LogP contribution is -2.48. The van der Waals surface area contributed by atoms with Gasteiger partial charge in [-0.3, -0.25) is 4.79 Å². The Balaban J connectivity index is 1.41. The van der Waals surface area contributed by atoms with Crippen molar-refractivity contribution < 1.29 is 17.6 Å². The fourth-order valence-corrected chi connectivity index (χ4v) is 5.42. The topological polar surface area (TPSA) is 82.9 Å². The Labute approximate surface area is 189 Å². The van der Waals surface area contributed by atoms with Crippen molar-refractivity contribution in [2.75, 3.05) is 38.0 Å². The van der Waals surface area contributed by atoms with Crippen LogP contribution in [0.3, 0.4) is 0 Å². The molecule has 1 N–H and O–H groups in total. The van der Waals surface area contributed by atoms with Crippen LogP contribution in [0.4, 0.5) is 5.69 Å². The summed E-state index contributed by atoms with van der Waals surface area (Å²) in [5, 5.41) is 3.78. The Morgan fingerprint density at radius 1 is 1.03 bits per heavy atom. The minimum absolute atomic E-state index is 0.178. The number of amides is 1. The second-order valence-corrected chi connectivity index (χ2v) is 10.2. The molecule has 8 heteroatoms. The molecule has 0 atom stereocenters. The second kappa shape index (κ2) is 9.05. The van der Waals surface area contributed by atoms with Gasteiger partial charge in [0, 0.05) is 42.8 Å². The van der Waals surface area contributed by atoms with Crippen LogP contribution in [0.2, 0.25) is 0 Å². The summed E-state index contributed by atoms with van der Waals surface area (Å²) in [6, 6.07) is 10.4. The minimum atomic E-state index is -3.53. The molecule has 0 unspecified atom stereocenters. The zero-order chi connectivity index (χ0) is 22.9. The molecule has 1 aromatic heterocycles. The minimum Gasteiger partial charge on any atom is -0.464 e. The normalized spacial score (nSPS) is 15.8. The molecular formula is C24H29N3O4S. The van der Waals surface area contributed by atoms with Crippen LogP contribution in [0, 0.1) is 13.8 Å². The highest BCUT2D eigenvalue weighted by molar-refractivity contribution is 7.89. The van der Waals surface area contributed by atoms with E-state index in [1.807, 2.05) is 26.0 Å². The number of aryl methyl sites for hydroxylation is 2. The monoisotopic (exact) mass is 455 g/mol. The van der Waals surface area contributed by atoms with Crippen molar-refractivity contribution in [1.29, 1.82) is 0 Å². The third-order valence-electron chi connectivity index (χ3n) is 6.18. The number of hydrogen-bond donors (Lipinski definition) is 1. The number of sulfonamides is 1. The van der Waals surface area contributed by atoms with Crippen LogP contribution in [0.1, 0.15) is 23.6 Å². The molecule has 0 bridgehead atoms. The SMILES string of the molecule is CCN1CCN(S(=O)(=O)c2ccc(NC(=O)Cc3coc4cc(C)c(C)cc34)cc2)CC1. The van der Waals surface area contributed by atoms with Gasteiger partial charge in [-0.25, -0.2) is 8.42 Å². The van der Waals surface area contributed by atoms with Gasteiger partial charge >= 0.3 is 0 Å². The molecule has 3 aromatic rings. The van der Waals surface area contributed by atoms with Gasteiger partial charge in [0.05, 0.1) is 17.6 Å². The molecule has 1 fully saturated rings. The van der Waals surface area contributed by atoms with Crippen LogP contribution in [-0.2, 0) is 21.2 Å². The number of piperazine rings is 1. The number of carbonyl (C=O) groups is 1. The maximum Gasteiger partial charge on any atom is 0.243 e. The third-order valence-corrected chi connectivity index (χ3v) is 8.09. The molecule has 0 saturated carbocycles. The smallest absolute Gasteiger partial charge is 0.243 e. The van der Waals surface area contributed by atoms with Crippen molar-refractivity contribution in [2.45, 2.75) is 32.1 Å². The quantitative estimate of drug-likeness (QED) is 0.615. The molecule has 1 amide bonds. The van der Waals surface area contributed by atoms with Crippen LogP contribution in [-0.4, -0.2) is 56.3 Å². The van der Waals surface area contributed by atoms with E-state index < -0.39 is 10.0 Å². The Morgan fingerprint density at radius 3 is 2.34 bits per heavy atom. The largest absolute Gasteiger partial charge is 0.464 e. The van der Waals surface area contributed by atoms with Gasteiger partial charge in [0.15, 0.2) is 0 Å². The van der Waals surface area contributed by atoms with Crippen LogP contribution in [0.25, 0.3) is 11.0 Å². The first kappa shape index (κ1) is 22.5. The summed E-state index contributed by atoms with van der Waals surface area (Å²) in [6.45, 7) is 9.53. The summed E-state index contributed by atoms with van der Waals surface area (Å²) in [4.78, 5) is 15.1. The second-order valence-electron chi connectivity index (χ2n) is 8.28. The number of anilines is 1. The van der Waals surface area contributed by atoms with Gasteiger partial charge in [0.25, 0.3) is 0 Å². The molecule has 1 aliphatic rings. The summed E-state index contributed by atoms with van der Waals surface area (Å²) in [6.07, 6.45) is 1.80. The molecule has 7 nitrogen and oxygen atoms in total. The van der Waals surface area contributed by atoms with E-state index in [-0.39, 0.29) is 17.2 Å². The summed E-state index contributed by atoms with van der Waals surface area (Å²) >= 11 is 0. The van der Waals surface area contributed by atoms with Crippen molar-refractivity contribution >= 4 is 32.6 Å². The Morgan fingerprint density at radius 2 is 1.69 bits per heavy atom. The van der Waals surface area contributed by atoms with E-state index in [1.54, 1.807) is 30.5 Å². The van der Waals surface area contributed by atoms with Crippen LogP contribution in [0.5, 0.6) is 0 Å². The van der Waals surface area contributed by atoms with E-state index in [0.717, 1.165) is 47.3 Å².